The molecule has 0 amide bonds. The van der Waals surface area contributed by atoms with Crippen LogP contribution in [0.25, 0.3) is 153 Å². The number of anilines is 6. The third-order valence-corrected chi connectivity index (χ3v) is 20.6. The second-order valence-corrected chi connectivity index (χ2v) is 26.8. The highest BCUT2D eigenvalue weighted by atomic mass is 15.1. The van der Waals surface area contributed by atoms with Crippen LogP contribution in [-0.4, -0.2) is 0 Å². The van der Waals surface area contributed by atoms with Gasteiger partial charge in [-0.15, -0.1) is 0 Å². The predicted octanol–water partition coefficient (Wildman–Crippen LogP) is 28.4. The minimum Gasteiger partial charge on any atom is -0.310 e. The monoisotopic (exact) mass is 1290 g/mol. The molecule has 2 nitrogen and oxygen atoms in total. The van der Waals surface area contributed by atoms with Crippen LogP contribution in [-0.2, 0) is 0 Å². The first-order chi connectivity index (χ1) is 50.5. The lowest BCUT2D eigenvalue weighted by Gasteiger charge is -2.30. The number of benzene rings is 19. The second-order valence-electron chi connectivity index (χ2n) is 26.8. The van der Waals surface area contributed by atoms with Crippen LogP contribution in [0, 0.1) is 0 Å². The molecule has 19 aromatic carbocycles. The van der Waals surface area contributed by atoms with E-state index in [0.29, 0.717) is 0 Å². The maximum atomic E-state index is 2.52. The molecule has 0 fully saturated rings. The lowest BCUT2D eigenvalue weighted by atomic mass is 9.89. The van der Waals surface area contributed by atoms with Gasteiger partial charge in [-0.1, -0.05) is 291 Å². The van der Waals surface area contributed by atoms with Gasteiger partial charge < -0.3 is 9.80 Å². The van der Waals surface area contributed by atoms with Crippen LogP contribution < -0.4 is 9.80 Å². The Hall–Kier alpha value is -13.4. The maximum absolute atomic E-state index is 2.52. The summed E-state index contributed by atoms with van der Waals surface area (Å²) in [7, 11) is 0. The Kier molecular flexibility index (Phi) is 14.9. The van der Waals surface area contributed by atoms with Gasteiger partial charge in [0.2, 0.25) is 0 Å². The molecule has 0 atom stereocenters. The van der Waals surface area contributed by atoms with Crippen LogP contribution in [0.3, 0.4) is 0 Å². The highest BCUT2D eigenvalue weighted by Crippen LogP contribution is 2.49. The number of hydrogen-bond acceptors (Lipinski definition) is 2. The third kappa shape index (κ3) is 11.1. The van der Waals surface area contributed by atoms with Gasteiger partial charge in [0.05, 0.1) is 5.69 Å². The van der Waals surface area contributed by atoms with Gasteiger partial charge in [-0.25, -0.2) is 0 Å². The summed E-state index contributed by atoms with van der Waals surface area (Å²) in [4.78, 5) is 5.03. The summed E-state index contributed by atoms with van der Waals surface area (Å²) in [6, 6.07) is 149. The van der Waals surface area contributed by atoms with Crippen molar-refractivity contribution in [1.29, 1.82) is 0 Å². The van der Waals surface area contributed by atoms with E-state index in [1.165, 1.54) is 70.0 Å². The Bertz CT molecular complexity index is 6400. The maximum Gasteiger partial charge on any atom is 0.0540 e. The first-order valence-electron chi connectivity index (χ1n) is 35.2. The van der Waals surface area contributed by atoms with Crippen molar-refractivity contribution in [2.45, 2.75) is 0 Å². The van der Waals surface area contributed by atoms with Crippen LogP contribution >= 0.6 is 0 Å². The van der Waals surface area contributed by atoms with Crippen molar-refractivity contribution in [1.82, 2.24) is 0 Å². The van der Waals surface area contributed by atoms with Gasteiger partial charge in [0, 0.05) is 33.8 Å². The molecule has 476 valence electrons. The van der Waals surface area contributed by atoms with E-state index in [0.717, 1.165) is 117 Å². The fraction of sp³-hybridized carbons (Fsp3) is 0. The molecular formula is C100H66N2. The molecule has 0 aliphatic carbocycles. The molecule has 0 N–H and O–H groups in total. The first-order valence-corrected chi connectivity index (χ1v) is 35.2. The molecule has 0 aromatic heterocycles. The predicted molar refractivity (Wildman–Crippen MR) is 436 cm³/mol. The molecule has 0 spiro atoms. The summed E-state index contributed by atoms with van der Waals surface area (Å²) in [6.45, 7) is 0. The first kappa shape index (κ1) is 59.8. The molecule has 0 aliphatic heterocycles. The summed E-state index contributed by atoms with van der Waals surface area (Å²) in [5, 5.41) is 16.8. The number of nitrogens with zero attached hydrogens (tertiary/aromatic N) is 2. The quantitative estimate of drug-likeness (QED) is 0.106. The van der Waals surface area contributed by atoms with Gasteiger partial charge in [0.25, 0.3) is 0 Å². The van der Waals surface area contributed by atoms with E-state index in [9.17, 15) is 0 Å². The van der Waals surface area contributed by atoms with Crippen LogP contribution in [0.2, 0.25) is 0 Å². The lowest BCUT2D eigenvalue weighted by Crippen LogP contribution is -2.12. The van der Waals surface area contributed by atoms with Gasteiger partial charge in [-0.3, -0.25) is 0 Å². The molecule has 19 rings (SSSR count). The highest BCUT2D eigenvalue weighted by Gasteiger charge is 2.24. The molecule has 0 saturated carbocycles. The molecule has 19 aromatic rings. The topological polar surface area (TPSA) is 6.48 Å². The van der Waals surface area contributed by atoms with Gasteiger partial charge in [0.1, 0.15) is 0 Å². The van der Waals surface area contributed by atoms with E-state index in [4.69, 9.17) is 0 Å². The van der Waals surface area contributed by atoms with Crippen LogP contribution in [0.5, 0.6) is 0 Å². The van der Waals surface area contributed by atoms with Crippen molar-refractivity contribution in [3.05, 3.63) is 400 Å². The molecule has 0 unspecified atom stereocenters. The summed E-state index contributed by atoms with van der Waals surface area (Å²) in [5.41, 5.74) is 22.0. The zero-order valence-electron chi connectivity index (χ0n) is 56.0. The molecule has 0 bridgehead atoms. The van der Waals surface area contributed by atoms with Gasteiger partial charge in [0.15, 0.2) is 0 Å². The van der Waals surface area contributed by atoms with E-state index < -0.39 is 0 Å². The molecule has 102 heavy (non-hydrogen) atoms. The van der Waals surface area contributed by atoms with E-state index in [1.54, 1.807) is 0 Å². The average Bonchev–Trinajstić information content (AvgIpc) is 0.751. The summed E-state index contributed by atoms with van der Waals surface area (Å²) >= 11 is 0. The zero-order valence-corrected chi connectivity index (χ0v) is 56.0. The molecular weight excluding hydrogens is 1230 g/mol. The summed E-state index contributed by atoms with van der Waals surface area (Å²) < 4.78 is 0. The van der Waals surface area contributed by atoms with Crippen LogP contribution in [0.15, 0.2) is 400 Å². The zero-order chi connectivity index (χ0) is 67.5. The van der Waals surface area contributed by atoms with E-state index in [1.807, 2.05) is 0 Å². The average molecular weight is 1300 g/mol. The Morgan fingerprint density at radius 3 is 0.931 bits per heavy atom. The minimum absolute atomic E-state index is 1.01. The van der Waals surface area contributed by atoms with Gasteiger partial charge in [-0.05, 0) is 257 Å². The molecule has 0 saturated heterocycles. The van der Waals surface area contributed by atoms with E-state index in [2.05, 4.69) is 410 Å². The SMILES string of the molecule is c1ccc(-c2cc(-c3ccccc3)cc(N(c3cccc(-c4ccc5ccccc5c4)c3)c3cc(-c4cc(-c5cc6ccccc6c6ccccc56)cc(N(c5cccc(-c6ccc7ccccc7c6)c5)c5cccc6ccccc56)c4)cc(-c4cc5ccccc5c5ccccc45)c3)c2)cc1. The van der Waals surface area contributed by atoms with Crippen molar-refractivity contribution in [2.24, 2.45) is 0 Å². The fourth-order valence-electron chi connectivity index (χ4n) is 15.7. The van der Waals surface area contributed by atoms with Gasteiger partial charge >= 0.3 is 0 Å². The number of rotatable bonds is 13. The smallest absolute Gasteiger partial charge is 0.0540 e. The largest absolute Gasteiger partial charge is 0.310 e. The number of hydrogen-bond donors (Lipinski definition) is 0. The van der Waals surface area contributed by atoms with Crippen molar-refractivity contribution in [3.8, 4) is 77.9 Å². The highest BCUT2D eigenvalue weighted by molar-refractivity contribution is 6.16. The minimum atomic E-state index is 1.01. The van der Waals surface area contributed by atoms with Crippen molar-refractivity contribution in [2.75, 3.05) is 9.80 Å². The molecule has 0 aliphatic rings. The molecule has 0 heterocycles. The summed E-state index contributed by atoms with van der Waals surface area (Å²) in [6.07, 6.45) is 0. The Morgan fingerprint density at radius 1 is 0.127 bits per heavy atom. The Morgan fingerprint density at radius 2 is 0.441 bits per heavy atom. The van der Waals surface area contributed by atoms with Crippen molar-refractivity contribution < 1.29 is 0 Å². The van der Waals surface area contributed by atoms with Crippen LogP contribution in [0.4, 0.5) is 34.1 Å². The Labute approximate surface area is 593 Å². The normalized spacial score (nSPS) is 11.5. The fourth-order valence-corrected chi connectivity index (χ4v) is 15.7. The van der Waals surface area contributed by atoms with E-state index in [-0.39, 0.29) is 0 Å². The Balaban J connectivity index is 0.921. The number of fused-ring (bicyclic) bond motifs is 9. The van der Waals surface area contributed by atoms with E-state index >= 15 is 0 Å². The molecule has 0 radical (unpaired) electrons. The third-order valence-electron chi connectivity index (χ3n) is 20.6. The lowest BCUT2D eigenvalue weighted by molar-refractivity contribution is 1.28. The standard InChI is InChI=1S/C100H66N2/c1-3-24-67(25-4-1)80-54-81(68-26-5-2-6-27-68)60-88(59-80)101(86-38-21-36-74(57-86)76-50-48-69-28-7-9-31-72(69)52-76)89-61-82(55-84(63-89)98-65-78-33-12-14-40-91(78)94-43-17-19-45-96(94)98)83-56-85(99-66-79-34-13-15-41-92(79)95-44-18-20-46-97(95)99)64-90(62-83)102(100-47-23-35-71-30-11-16-42-93(71)100)87-39-22-37-75(58-87)77-51-49-70-29-8-10-32-73(70)53-77/h1-66H. The van der Waals surface area contributed by atoms with Crippen molar-refractivity contribution in [3.63, 3.8) is 0 Å². The molecule has 2 heteroatoms. The van der Waals surface area contributed by atoms with Gasteiger partial charge in [-0.2, -0.15) is 0 Å². The summed E-state index contributed by atoms with van der Waals surface area (Å²) in [5.74, 6) is 0. The van der Waals surface area contributed by atoms with Crippen LogP contribution in [0.1, 0.15) is 0 Å². The second kappa shape index (κ2) is 25.5. The van der Waals surface area contributed by atoms with Crippen molar-refractivity contribution >= 4 is 110 Å².